The maximum atomic E-state index is 13.5. The van der Waals surface area contributed by atoms with Crippen LogP contribution in [0.5, 0.6) is 0 Å². The monoisotopic (exact) mass is 280 g/mol. The van der Waals surface area contributed by atoms with Gasteiger partial charge in [-0.15, -0.1) is 0 Å². The summed E-state index contributed by atoms with van der Waals surface area (Å²) in [7, 11) is 0. The highest BCUT2D eigenvalue weighted by molar-refractivity contribution is 5.75. The molecule has 0 radical (unpaired) electrons. The van der Waals surface area contributed by atoms with Gasteiger partial charge in [-0.3, -0.25) is 10.3 Å². The van der Waals surface area contributed by atoms with E-state index < -0.39 is 6.30 Å². The van der Waals surface area contributed by atoms with E-state index in [2.05, 4.69) is 43.2 Å². The summed E-state index contributed by atoms with van der Waals surface area (Å²) in [4.78, 5) is 3.75. The zero-order valence-electron chi connectivity index (χ0n) is 12.5. The van der Waals surface area contributed by atoms with Crippen molar-refractivity contribution < 1.29 is 4.39 Å². The second-order valence-electron chi connectivity index (χ2n) is 5.89. The molecule has 112 valence electrons. The Kier molecular flexibility index (Phi) is 5.95. The van der Waals surface area contributed by atoms with Crippen molar-refractivity contribution in [3.8, 4) is 0 Å². The summed E-state index contributed by atoms with van der Waals surface area (Å²) in [6, 6.07) is 8.22. The van der Waals surface area contributed by atoms with Gasteiger partial charge >= 0.3 is 0 Å². The molecule has 0 fully saturated rings. The van der Waals surface area contributed by atoms with Gasteiger partial charge in [0.05, 0.1) is 0 Å². The second-order valence-corrected chi connectivity index (χ2v) is 5.89. The number of halogens is 1. The lowest BCUT2D eigenvalue weighted by Crippen LogP contribution is -2.27. The van der Waals surface area contributed by atoms with Crippen LogP contribution in [0.15, 0.2) is 29.3 Å². The average Bonchev–Trinajstić information content (AvgIpc) is 2.35. The Morgan fingerprint density at radius 3 is 2.35 bits per heavy atom. The van der Waals surface area contributed by atoms with Crippen LogP contribution in [0.4, 0.5) is 4.39 Å². The normalized spacial score (nSPS) is 13.0. The third-order valence-electron chi connectivity index (χ3n) is 3.02. The first-order chi connectivity index (χ1) is 9.29. The van der Waals surface area contributed by atoms with Crippen molar-refractivity contribution >= 4 is 5.96 Å². The van der Waals surface area contributed by atoms with E-state index in [4.69, 9.17) is 11.5 Å². The topological polar surface area (TPSA) is 76.4 Å². The largest absolute Gasteiger partial charge is 0.370 e. The maximum Gasteiger partial charge on any atom is 0.185 e. The summed E-state index contributed by atoms with van der Waals surface area (Å²) in [6.45, 7) is 7.29. The minimum atomic E-state index is -1.11. The Labute approximate surface area is 120 Å². The molecule has 1 atom stereocenters. The molecule has 0 bridgehead atoms. The average molecular weight is 280 g/mol. The number of nitrogens with one attached hydrogen (secondary N) is 1. The van der Waals surface area contributed by atoms with Crippen molar-refractivity contribution in [2.24, 2.45) is 16.5 Å². The van der Waals surface area contributed by atoms with E-state index in [-0.39, 0.29) is 17.8 Å². The molecule has 0 aliphatic carbocycles. The Morgan fingerprint density at radius 1 is 1.25 bits per heavy atom. The van der Waals surface area contributed by atoms with Gasteiger partial charge in [0, 0.05) is 19.5 Å². The second kappa shape index (κ2) is 7.24. The highest BCUT2D eigenvalue weighted by atomic mass is 19.1. The fourth-order valence-electron chi connectivity index (χ4n) is 1.76. The Hall–Kier alpha value is -1.62. The van der Waals surface area contributed by atoms with Crippen LogP contribution in [0, 0.1) is 0 Å². The van der Waals surface area contributed by atoms with Crippen LogP contribution >= 0.6 is 0 Å². The molecule has 0 aromatic heterocycles. The highest BCUT2D eigenvalue weighted by Crippen LogP contribution is 2.22. The molecule has 5 N–H and O–H groups in total. The van der Waals surface area contributed by atoms with Crippen LogP contribution in [-0.2, 0) is 12.0 Å². The first kappa shape index (κ1) is 16.4. The SMILES string of the molecule is CC(C)(C)c1ccc(CNC(F)CCN=C(N)N)cc1. The quantitative estimate of drug-likeness (QED) is 0.424. The standard InChI is InChI=1S/C15H25FN4/c1-15(2,3)12-6-4-11(5-7-12)10-20-13(16)8-9-19-14(17)18/h4-7,13,20H,8-10H2,1-3H3,(H4,17,18,19). The summed E-state index contributed by atoms with van der Waals surface area (Å²) in [5, 5.41) is 2.81. The van der Waals surface area contributed by atoms with Crippen LogP contribution in [0.3, 0.4) is 0 Å². The molecule has 20 heavy (non-hydrogen) atoms. The van der Waals surface area contributed by atoms with Gasteiger partial charge in [0.1, 0.15) is 0 Å². The van der Waals surface area contributed by atoms with E-state index in [0.29, 0.717) is 13.1 Å². The van der Waals surface area contributed by atoms with Gasteiger partial charge < -0.3 is 11.5 Å². The predicted molar refractivity (Wildman–Crippen MR) is 82.2 cm³/mol. The minimum Gasteiger partial charge on any atom is -0.370 e. The number of nitrogens with zero attached hydrogens (tertiary/aromatic N) is 1. The Balaban J connectivity index is 2.40. The minimum absolute atomic E-state index is 0.00466. The third kappa shape index (κ3) is 6.02. The molecule has 1 aromatic rings. The Morgan fingerprint density at radius 2 is 1.85 bits per heavy atom. The molecule has 1 unspecified atom stereocenters. The van der Waals surface area contributed by atoms with Gasteiger partial charge in [0.2, 0.25) is 0 Å². The van der Waals surface area contributed by atoms with Gasteiger partial charge in [-0.2, -0.15) is 0 Å². The number of benzene rings is 1. The summed E-state index contributed by atoms with van der Waals surface area (Å²) >= 11 is 0. The highest BCUT2D eigenvalue weighted by Gasteiger charge is 2.13. The van der Waals surface area contributed by atoms with Crippen molar-refractivity contribution in [2.45, 2.75) is 45.4 Å². The number of rotatable bonds is 6. The van der Waals surface area contributed by atoms with Gasteiger partial charge in [0.25, 0.3) is 0 Å². The van der Waals surface area contributed by atoms with Crippen LogP contribution < -0.4 is 16.8 Å². The molecule has 0 saturated heterocycles. The molecule has 0 heterocycles. The van der Waals surface area contributed by atoms with Gasteiger partial charge in [-0.1, -0.05) is 45.0 Å². The van der Waals surface area contributed by atoms with E-state index in [0.717, 1.165) is 5.56 Å². The summed E-state index contributed by atoms with van der Waals surface area (Å²) < 4.78 is 13.5. The summed E-state index contributed by atoms with van der Waals surface area (Å²) in [5.41, 5.74) is 12.8. The number of alkyl halides is 1. The van der Waals surface area contributed by atoms with E-state index in [1.54, 1.807) is 0 Å². The molecule has 1 aromatic carbocycles. The lowest BCUT2D eigenvalue weighted by Gasteiger charge is -2.19. The third-order valence-corrected chi connectivity index (χ3v) is 3.02. The predicted octanol–water partition coefficient (Wildman–Crippen LogP) is 2.03. The lowest BCUT2D eigenvalue weighted by molar-refractivity contribution is 0.259. The molecule has 1 rings (SSSR count). The van der Waals surface area contributed by atoms with E-state index in [1.165, 1.54) is 5.56 Å². The van der Waals surface area contributed by atoms with Crippen molar-refractivity contribution in [2.75, 3.05) is 6.54 Å². The molecule has 4 nitrogen and oxygen atoms in total. The molecular weight excluding hydrogens is 255 g/mol. The van der Waals surface area contributed by atoms with E-state index in [9.17, 15) is 4.39 Å². The molecule has 0 spiro atoms. The van der Waals surface area contributed by atoms with Crippen LogP contribution in [0.1, 0.15) is 38.3 Å². The van der Waals surface area contributed by atoms with Crippen molar-refractivity contribution in [3.05, 3.63) is 35.4 Å². The van der Waals surface area contributed by atoms with Crippen molar-refractivity contribution in [3.63, 3.8) is 0 Å². The first-order valence-corrected chi connectivity index (χ1v) is 6.81. The molecular formula is C15H25FN4. The maximum absolute atomic E-state index is 13.5. The van der Waals surface area contributed by atoms with Crippen LogP contribution in [-0.4, -0.2) is 18.8 Å². The van der Waals surface area contributed by atoms with Gasteiger partial charge in [0.15, 0.2) is 12.3 Å². The van der Waals surface area contributed by atoms with Crippen LogP contribution in [0.25, 0.3) is 0 Å². The zero-order chi connectivity index (χ0) is 15.2. The molecule has 5 heteroatoms. The summed E-state index contributed by atoms with van der Waals surface area (Å²) in [6.07, 6.45) is -0.849. The zero-order valence-corrected chi connectivity index (χ0v) is 12.5. The molecule has 0 amide bonds. The fourth-order valence-corrected chi connectivity index (χ4v) is 1.76. The number of guanidine groups is 1. The fraction of sp³-hybridized carbons (Fsp3) is 0.533. The smallest absolute Gasteiger partial charge is 0.185 e. The van der Waals surface area contributed by atoms with Crippen molar-refractivity contribution in [1.29, 1.82) is 0 Å². The first-order valence-electron chi connectivity index (χ1n) is 6.81. The Bertz CT molecular complexity index is 430. The van der Waals surface area contributed by atoms with Crippen molar-refractivity contribution in [1.82, 2.24) is 5.32 Å². The van der Waals surface area contributed by atoms with E-state index >= 15 is 0 Å². The number of hydrogen-bond acceptors (Lipinski definition) is 2. The number of hydrogen-bond donors (Lipinski definition) is 3. The number of aliphatic imine (C=N–C) groups is 1. The molecule has 0 aliphatic heterocycles. The molecule has 0 saturated carbocycles. The summed E-state index contributed by atoms with van der Waals surface area (Å²) in [5.74, 6) is -0.00466. The van der Waals surface area contributed by atoms with Gasteiger partial charge in [-0.25, -0.2) is 4.39 Å². The lowest BCUT2D eigenvalue weighted by atomic mass is 9.87. The molecule has 0 aliphatic rings. The van der Waals surface area contributed by atoms with Crippen LogP contribution in [0.2, 0.25) is 0 Å². The number of nitrogens with two attached hydrogens (primary N) is 2. The van der Waals surface area contributed by atoms with E-state index in [1.807, 2.05) is 12.1 Å². The van der Waals surface area contributed by atoms with Gasteiger partial charge in [-0.05, 0) is 16.5 Å².